The van der Waals surface area contributed by atoms with Crippen LogP contribution in [0.5, 0.6) is 0 Å². The Bertz CT molecular complexity index is 818. The van der Waals surface area contributed by atoms with Crippen molar-refractivity contribution in [3.63, 3.8) is 0 Å². The normalized spacial score (nSPS) is 13.2. The minimum Gasteiger partial charge on any atom is -0.457 e. The van der Waals surface area contributed by atoms with E-state index in [1.165, 1.54) is 17.7 Å². The molecule has 0 aliphatic rings. The molecule has 0 bridgehead atoms. The zero-order valence-corrected chi connectivity index (χ0v) is 14.1. The summed E-state index contributed by atoms with van der Waals surface area (Å²) in [7, 11) is 0. The summed E-state index contributed by atoms with van der Waals surface area (Å²) in [4.78, 5) is 11.7. The molecule has 0 aromatic heterocycles. The standard InChI is InChI=1S/C21H22O2/c1-14(22)23-20(21(2,3)4)19-17-11-7-5-9-15(17)13-16-10-6-8-12-18(16)19/h5-13,20H,1-4H3. The maximum absolute atomic E-state index is 11.7. The number of benzene rings is 3. The van der Waals surface area contributed by atoms with Gasteiger partial charge >= 0.3 is 5.97 Å². The Kier molecular flexibility index (Phi) is 3.85. The van der Waals surface area contributed by atoms with Crippen LogP contribution in [0.1, 0.15) is 39.4 Å². The van der Waals surface area contributed by atoms with Crippen molar-refractivity contribution < 1.29 is 9.53 Å². The molecule has 0 heterocycles. The summed E-state index contributed by atoms with van der Waals surface area (Å²) in [5.74, 6) is -0.248. The Balaban J connectivity index is 2.41. The molecule has 0 aliphatic carbocycles. The lowest BCUT2D eigenvalue weighted by atomic mass is 9.80. The predicted octanol–water partition coefficient (Wildman–Crippen LogP) is 5.64. The molecule has 2 heteroatoms. The number of ether oxygens (including phenoxy) is 1. The zero-order valence-electron chi connectivity index (χ0n) is 14.1. The fourth-order valence-corrected chi connectivity index (χ4v) is 3.17. The number of fused-ring (bicyclic) bond motifs is 2. The highest BCUT2D eigenvalue weighted by molar-refractivity contribution is 6.02. The molecular formula is C21H22O2. The van der Waals surface area contributed by atoms with Crippen molar-refractivity contribution in [2.24, 2.45) is 5.41 Å². The Labute approximate surface area is 137 Å². The second-order valence-electron chi connectivity index (χ2n) is 7.09. The van der Waals surface area contributed by atoms with E-state index in [1.54, 1.807) is 0 Å². The van der Waals surface area contributed by atoms with Gasteiger partial charge < -0.3 is 4.74 Å². The summed E-state index contributed by atoms with van der Waals surface area (Å²) < 4.78 is 5.78. The number of hydrogen-bond acceptors (Lipinski definition) is 2. The van der Waals surface area contributed by atoms with Crippen LogP contribution in [-0.4, -0.2) is 5.97 Å². The molecule has 0 radical (unpaired) electrons. The van der Waals surface area contributed by atoms with Gasteiger partial charge in [0.15, 0.2) is 0 Å². The molecular weight excluding hydrogens is 284 g/mol. The van der Waals surface area contributed by atoms with Crippen LogP contribution in [0.25, 0.3) is 21.5 Å². The average molecular weight is 306 g/mol. The highest BCUT2D eigenvalue weighted by Gasteiger charge is 2.32. The van der Waals surface area contributed by atoms with E-state index in [9.17, 15) is 4.79 Å². The van der Waals surface area contributed by atoms with Gasteiger partial charge in [-0.1, -0.05) is 69.3 Å². The molecule has 0 spiro atoms. The van der Waals surface area contributed by atoms with Gasteiger partial charge in [0.25, 0.3) is 0 Å². The highest BCUT2D eigenvalue weighted by Crippen LogP contribution is 2.43. The Morgan fingerprint density at radius 3 is 1.83 bits per heavy atom. The van der Waals surface area contributed by atoms with Crippen molar-refractivity contribution in [3.05, 3.63) is 60.2 Å². The van der Waals surface area contributed by atoms with Gasteiger partial charge in [-0.05, 0) is 27.6 Å². The van der Waals surface area contributed by atoms with Crippen molar-refractivity contribution in [1.29, 1.82) is 0 Å². The molecule has 3 aromatic carbocycles. The number of carbonyl (C=O) groups is 1. The van der Waals surface area contributed by atoms with E-state index >= 15 is 0 Å². The van der Waals surface area contributed by atoms with Gasteiger partial charge in [0, 0.05) is 17.9 Å². The third kappa shape index (κ3) is 2.94. The zero-order chi connectivity index (χ0) is 16.6. The van der Waals surface area contributed by atoms with E-state index in [-0.39, 0.29) is 17.5 Å². The van der Waals surface area contributed by atoms with Crippen LogP contribution in [0.4, 0.5) is 0 Å². The molecule has 0 N–H and O–H groups in total. The first kappa shape index (κ1) is 15.5. The minimum atomic E-state index is -0.295. The molecule has 23 heavy (non-hydrogen) atoms. The van der Waals surface area contributed by atoms with Crippen molar-refractivity contribution in [2.75, 3.05) is 0 Å². The van der Waals surface area contributed by atoms with Crippen molar-refractivity contribution >= 4 is 27.5 Å². The first-order chi connectivity index (χ1) is 10.9. The molecule has 0 fully saturated rings. The van der Waals surface area contributed by atoms with Crippen LogP contribution in [-0.2, 0) is 9.53 Å². The highest BCUT2D eigenvalue weighted by atomic mass is 16.5. The summed E-state index contributed by atoms with van der Waals surface area (Å²) in [6.45, 7) is 7.80. The van der Waals surface area contributed by atoms with Crippen molar-refractivity contribution in [3.8, 4) is 0 Å². The lowest BCUT2D eigenvalue weighted by Crippen LogP contribution is -2.23. The van der Waals surface area contributed by atoms with Gasteiger partial charge in [-0.25, -0.2) is 0 Å². The number of esters is 1. The number of carbonyl (C=O) groups excluding carboxylic acids is 1. The fraction of sp³-hybridized carbons (Fsp3) is 0.286. The van der Waals surface area contributed by atoms with E-state index in [4.69, 9.17) is 4.74 Å². The maximum atomic E-state index is 11.7. The van der Waals surface area contributed by atoms with Crippen molar-refractivity contribution in [1.82, 2.24) is 0 Å². The quantitative estimate of drug-likeness (QED) is 0.452. The second kappa shape index (κ2) is 5.69. The molecule has 118 valence electrons. The smallest absolute Gasteiger partial charge is 0.303 e. The van der Waals surface area contributed by atoms with Gasteiger partial charge in [-0.3, -0.25) is 4.79 Å². The average Bonchev–Trinajstić information content (AvgIpc) is 2.49. The van der Waals surface area contributed by atoms with Crippen LogP contribution in [0, 0.1) is 5.41 Å². The molecule has 1 unspecified atom stereocenters. The first-order valence-electron chi connectivity index (χ1n) is 7.95. The van der Waals surface area contributed by atoms with E-state index < -0.39 is 0 Å². The summed E-state index contributed by atoms with van der Waals surface area (Å²) in [5, 5.41) is 4.63. The summed E-state index contributed by atoms with van der Waals surface area (Å²) in [5.41, 5.74) is 0.903. The number of hydrogen-bond donors (Lipinski definition) is 0. The topological polar surface area (TPSA) is 26.3 Å². The van der Waals surface area contributed by atoms with E-state index in [2.05, 4.69) is 51.1 Å². The summed E-state index contributed by atoms with van der Waals surface area (Å²) >= 11 is 0. The largest absolute Gasteiger partial charge is 0.457 e. The molecule has 0 aliphatic heterocycles. The predicted molar refractivity (Wildman–Crippen MR) is 95.4 cm³/mol. The van der Waals surface area contributed by atoms with Crippen LogP contribution in [0.3, 0.4) is 0 Å². The molecule has 0 saturated heterocycles. The molecule has 1 atom stereocenters. The molecule has 0 saturated carbocycles. The molecule has 3 rings (SSSR count). The Hall–Kier alpha value is -2.35. The Morgan fingerprint density at radius 2 is 1.39 bits per heavy atom. The van der Waals surface area contributed by atoms with E-state index in [1.807, 2.05) is 24.3 Å². The van der Waals surface area contributed by atoms with Crippen LogP contribution in [0.2, 0.25) is 0 Å². The lowest BCUT2D eigenvalue weighted by Gasteiger charge is -2.32. The van der Waals surface area contributed by atoms with Gasteiger partial charge in [-0.2, -0.15) is 0 Å². The second-order valence-corrected chi connectivity index (χ2v) is 7.09. The lowest BCUT2D eigenvalue weighted by molar-refractivity contribution is -0.152. The molecule has 2 nitrogen and oxygen atoms in total. The monoisotopic (exact) mass is 306 g/mol. The minimum absolute atomic E-state index is 0.196. The summed E-state index contributed by atoms with van der Waals surface area (Å²) in [6, 6.07) is 18.8. The van der Waals surface area contributed by atoms with Gasteiger partial charge in [0.05, 0.1) is 0 Å². The van der Waals surface area contributed by atoms with Crippen LogP contribution in [0.15, 0.2) is 54.6 Å². The van der Waals surface area contributed by atoms with Gasteiger partial charge in [0.1, 0.15) is 6.10 Å². The number of rotatable bonds is 2. The maximum Gasteiger partial charge on any atom is 0.303 e. The van der Waals surface area contributed by atoms with Crippen LogP contribution >= 0.6 is 0 Å². The molecule has 3 aromatic rings. The van der Waals surface area contributed by atoms with Crippen molar-refractivity contribution in [2.45, 2.75) is 33.8 Å². The molecule has 0 amide bonds. The Morgan fingerprint density at radius 1 is 0.913 bits per heavy atom. The van der Waals surface area contributed by atoms with Crippen LogP contribution < -0.4 is 0 Å². The third-order valence-electron chi connectivity index (χ3n) is 4.15. The third-order valence-corrected chi connectivity index (χ3v) is 4.15. The SMILES string of the molecule is CC(=O)OC(c1c2ccccc2cc2ccccc12)C(C)(C)C. The summed E-state index contributed by atoms with van der Waals surface area (Å²) in [6.07, 6.45) is -0.295. The van der Waals surface area contributed by atoms with E-state index in [0.29, 0.717) is 0 Å². The van der Waals surface area contributed by atoms with Gasteiger partial charge in [0.2, 0.25) is 0 Å². The van der Waals surface area contributed by atoms with Gasteiger partial charge in [-0.15, -0.1) is 0 Å². The first-order valence-corrected chi connectivity index (χ1v) is 7.95. The fourth-order valence-electron chi connectivity index (χ4n) is 3.17. The van der Waals surface area contributed by atoms with E-state index in [0.717, 1.165) is 16.3 Å².